The first-order valence-corrected chi connectivity index (χ1v) is 8.04. The monoisotopic (exact) mass is 305 g/mol. The number of hydrogen-bond acceptors (Lipinski definition) is 5. The van der Waals surface area contributed by atoms with E-state index in [2.05, 4.69) is 17.2 Å². The molecule has 2 atom stereocenters. The first-order valence-electron chi connectivity index (χ1n) is 7.22. The Morgan fingerprint density at radius 3 is 3.24 bits per heavy atom. The van der Waals surface area contributed by atoms with E-state index in [-0.39, 0.29) is 12.0 Å². The molecule has 2 unspecified atom stereocenters. The van der Waals surface area contributed by atoms with Crippen molar-refractivity contribution in [3.63, 3.8) is 0 Å². The van der Waals surface area contributed by atoms with Crippen LogP contribution in [0.15, 0.2) is 18.5 Å². The maximum absolute atomic E-state index is 12.3. The van der Waals surface area contributed by atoms with Crippen LogP contribution in [0.4, 0.5) is 5.69 Å². The minimum absolute atomic E-state index is 0.101. The number of ether oxygens (including phenoxy) is 1. The number of nitrogen functional groups attached to an aromatic ring is 1. The van der Waals surface area contributed by atoms with Crippen LogP contribution in [-0.4, -0.2) is 30.1 Å². The third-order valence-electron chi connectivity index (χ3n) is 4.01. The number of thiophene rings is 1. The highest BCUT2D eigenvalue weighted by atomic mass is 32.1. The molecule has 6 heteroatoms. The van der Waals surface area contributed by atoms with Crippen LogP contribution < -0.4 is 11.1 Å². The van der Waals surface area contributed by atoms with E-state index in [4.69, 9.17) is 10.5 Å². The Labute approximate surface area is 127 Å². The van der Waals surface area contributed by atoms with Crippen LogP contribution in [0, 0.1) is 5.92 Å². The lowest BCUT2D eigenvalue weighted by molar-refractivity contribution is 0.0828. The predicted octanol–water partition coefficient (Wildman–Crippen LogP) is 2.42. The fourth-order valence-corrected chi connectivity index (χ4v) is 3.83. The van der Waals surface area contributed by atoms with E-state index in [1.165, 1.54) is 11.3 Å². The average Bonchev–Trinajstić information content (AvgIpc) is 3.09. The van der Waals surface area contributed by atoms with Gasteiger partial charge in [-0.25, -0.2) is 0 Å². The van der Waals surface area contributed by atoms with Gasteiger partial charge < -0.3 is 15.8 Å². The van der Waals surface area contributed by atoms with E-state index in [1.54, 1.807) is 12.4 Å². The minimum Gasteiger partial charge on any atom is -0.397 e. The Hall–Kier alpha value is -1.66. The van der Waals surface area contributed by atoms with E-state index in [9.17, 15) is 4.79 Å². The van der Waals surface area contributed by atoms with Crippen LogP contribution in [0.5, 0.6) is 0 Å². The number of hydrogen-bond donors (Lipinski definition) is 2. The number of rotatable bonds is 4. The summed E-state index contributed by atoms with van der Waals surface area (Å²) in [4.78, 5) is 17.0. The lowest BCUT2D eigenvalue weighted by Gasteiger charge is -2.17. The Kier molecular flexibility index (Phi) is 4.07. The lowest BCUT2D eigenvalue weighted by Crippen LogP contribution is -2.32. The molecule has 2 aromatic heterocycles. The number of nitrogens with two attached hydrogens (primary N) is 1. The first kappa shape index (κ1) is 14.3. The molecule has 3 N–H and O–H groups in total. The van der Waals surface area contributed by atoms with E-state index in [0.717, 1.165) is 29.5 Å². The highest BCUT2D eigenvalue weighted by Crippen LogP contribution is 2.32. The van der Waals surface area contributed by atoms with Crippen LogP contribution in [0.1, 0.15) is 29.4 Å². The number of nitrogens with one attached hydrogen (secondary N) is 1. The lowest BCUT2D eigenvalue weighted by atomic mass is 10.00. The minimum atomic E-state index is -0.101. The van der Waals surface area contributed by atoms with E-state index >= 15 is 0 Å². The van der Waals surface area contributed by atoms with Crippen molar-refractivity contribution >= 4 is 33.0 Å². The van der Waals surface area contributed by atoms with Gasteiger partial charge in [0, 0.05) is 36.8 Å². The van der Waals surface area contributed by atoms with Crippen molar-refractivity contribution in [3.8, 4) is 0 Å². The van der Waals surface area contributed by atoms with Gasteiger partial charge in [0.2, 0.25) is 0 Å². The molecule has 0 spiro atoms. The summed E-state index contributed by atoms with van der Waals surface area (Å²) in [6.45, 7) is 3.54. The van der Waals surface area contributed by atoms with Crippen LogP contribution >= 0.6 is 11.3 Å². The van der Waals surface area contributed by atoms with Gasteiger partial charge in [-0.3, -0.25) is 9.78 Å². The summed E-state index contributed by atoms with van der Waals surface area (Å²) in [6.07, 6.45) is 5.68. The molecule has 0 aliphatic carbocycles. The number of fused-ring (bicyclic) bond motifs is 1. The normalized spacial score (nSPS) is 21.8. The number of carbonyl (C=O) groups is 1. The van der Waals surface area contributed by atoms with Crippen molar-refractivity contribution in [2.75, 3.05) is 18.9 Å². The van der Waals surface area contributed by atoms with E-state index < -0.39 is 0 Å². The second kappa shape index (κ2) is 5.99. The molecule has 0 saturated carbocycles. The van der Waals surface area contributed by atoms with Crippen molar-refractivity contribution in [1.82, 2.24) is 10.3 Å². The maximum Gasteiger partial charge on any atom is 0.263 e. The largest absolute Gasteiger partial charge is 0.397 e. The standard InChI is InChI=1S/C15H19N3O2S/c1-2-11-9(4-6-20-11)7-18-15(19)14-13(16)10-3-5-17-8-12(10)21-14/h3,5,8-9,11H,2,4,6-7,16H2,1H3,(H,18,19). The first-order chi connectivity index (χ1) is 10.2. The van der Waals surface area contributed by atoms with Gasteiger partial charge in [0.15, 0.2) is 0 Å². The van der Waals surface area contributed by atoms with Gasteiger partial charge in [0.25, 0.3) is 5.91 Å². The van der Waals surface area contributed by atoms with Crippen molar-refractivity contribution < 1.29 is 9.53 Å². The molecule has 21 heavy (non-hydrogen) atoms. The number of aromatic nitrogens is 1. The molecule has 1 aliphatic rings. The highest BCUT2D eigenvalue weighted by molar-refractivity contribution is 7.21. The fraction of sp³-hybridized carbons (Fsp3) is 0.467. The van der Waals surface area contributed by atoms with E-state index in [1.807, 2.05) is 6.07 Å². The van der Waals surface area contributed by atoms with Gasteiger partial charge in [0.1, 0.15) is 4.88 Å². The number of anilines is 1. The maximum atomic E-state index is 12.3. The molecular formula is C15H19N3O2S. The average molecular weight is 305 g/mol. The van der Waals surface area contributed by atoms with Crippen LogP contribution in [0.2, 0.25) is 0 Å². The number of amides is 1. The number of carbonyl (C=O) groups excluding carboxylic acids is 1. The topological polar surface area (TPSA) is 77.2 Å². The number of nitrogens with zero attached hydrogens (tertiary/aromatic N) is 1. The van der Waals surface area contributed by atoms with Gasteiger partial charge in [0.05, 0.1) is 16.5 Å². The summed E-state index contributed by atoms with van der Waals surface area (Å²) >= 11 is 1.39. The molecule has 3 heterocycles. The summed E-state index contributed by atoms with van der Waals surface area (Å²) in [7, 11) is 0. The molecule has 0 bridgehead atoms. The van der Waals surface area contributed by atoms with E-state index in [0.29, 0.717) is 23.0 Å². The Morgan fingerprint density at radius 1 is 1.62 bits per heavy atom. The Morgan fingerprint density at radius 2 is 2.48 bits per heavy atom. The van der Waals surface area contributed by atoms with Gasteiger partial charge >= 0.3 is 0 Å². The van der Waals surface area contributed by atoms with Crippen molar-refractivity contribution in [2.24, 2.45) is 5.92 Å². The Balaban J connectivity index is 1.71. The summed E-state index contributed by atoms with van der Waals surface area (Å²) in [6, 6.07) is 1.84. The van der Waals surface area contributed by atoms with Gasteiger partial charge in [-0.05, 0) is 18.9 Å². The van der Waals surface area contributed by atoms with Crippen molar-refractivity contribution in [1.29, 1.82) is 0 Å². The van der Waals surface area contributed by atoms with Gasteiger partial charge in [-0.15, -0.1) is 11.3 Å². The SMILES string of the molecule is CCC1OCCC1CNC(=O)c1sc2cnccc2c1N. The van der Waals surface area contributed by atoms with Crippen molar-refractivity contribution in [3.05, 3.63) is 23.3 Å². The zero-order valence-corrected chi connectivity index (χ0v) is 12.8. The second-order valence-electron chi connectivity index (χ2n) is 5.29. The molecule has 1 fully saturated rings. The molecule has 112 valence electrons. The second-order valence-corrected chi connectivity index (χ2v) is 6.35. The molecule has 2 aromatic rings. The predicted molar refractivity (Wildman–Crippen MR) is 84.5 cm³/mol. The van der Waals surface area contributed by atoms with Crippen LogP contribution in [0.3, 0.4) is 0 Å². The molecule has 3 rings (SSSR count). The summed E-state index contributed by atoms with van der Waals surface area (Å²) in [5.41, 5.74) is 6.62. The molecule has 1 aliphatic heterocycles. The highest BCUT2D eigenvalue weighted by Gasteiger charge is 2.27. The van der Waals surface area contributed by atoms with Crippen LogP contribution in [0.25, 0.3) is 10.1 Å². The summed E-state index contributed by atoms with van der Waals surface area (Å²) in [5, 5.41) is 3.90. The summed E-state index contributed by atoms with van der Waals surface area (Å²) < 4.78 is 6.58. The number of pyridine rings is 1. The third kappa shape index (κ3) is 2.73. The molecule has 0 aromatic carbocycles. The van der Waals surface area contributed by atoms with Crippen LogP contribution in [-0.2, 0) is 4.74 Å². The zero-order chi connectivity index (χ0) is 14.8. The molecule has 1 saturated heterocycles. The smallest absolute Gasteiger partial charge is 0.263 e. The Bertz CT molecular complexity index is 655. The molecule has 1 amide bonds. The third-order valence-corrected chi connectivity index (χ3v) is 5.17. The van der Waals surface area contributed by atoms with Gasteiger partial charge in [-0.1, -0.05) is 6.92 Å². The van der Waals surface area contributed by atoms with Gasteiger partial charge in [-0.2, -0.15) is 0 Å². The molecule has 0 radical (unpaired) electrons. The molecular weight excluding hydrogens is 286 g/mol. The quantitative estimate of drug-likeness (QED) is 0.909. The van der Waals surface area contributed by atoms with Crippen molar-refractivity contribution in [2.45, 2.75) is 25.9 Å². The zero-order valence-electron chi connectivity index (χ0n) is 12.0. The fourth-order valence-electron chi connectivity index (χ4n) is 2.82. The summed E-state index contributed by atoms with van der Waals surface area (Å²) in [5.74, 6) is 0.298. The molecule has 5 nitrogen and oxygen atoms in total.